The topological polar surface area (TPSA) is 95.1 Å². The molecular weight excluding hydrogens is 479 g/mol. The summed E-state index contributed by atoms with van der Waals surface area (Å²) in [7, 11) is 0. The van der Waals surface area contributed by atoms with E-state index in [9.17, 15) is 13.6 Å². The zero-order valence-corrected chi connectivity index (χ0v) is 18.5. The van der Waals surface area contributed by atoms with Crippen molar-refractivity contribution in [1.29, 1.82) is 0 Å². The van der Waals surface area contributed by atoms with Gasteiger partial charge in [0.2, 0.25) is 5.95 Å². The summed E-state index contributed by atoms with van der Waals surface area (Å²) in [5, 5.41) is 11.4. The quantitative estimate of drug-likeness (QED) is 0.387. The third kappa shape index (κ3) is 5.29. The molecule has 2 aromatic heterocycles. The summed E-state index contributed by atoms with van der Waals surface area (Å²) in [5.41, 5.74) is 0.985. The lowest BCUT2D eigenvalue weighted by molar-refractivity contribution is 0.101. The Bertz CT molecular complexity index is 1330. The molecule has 0 aliphatic rings. The summed E-state index contributed by atoms with van der Waals surface area (Å²) in [4.78, 5) is 16.7. The van der Waals surface area contributed by atoms with E-state index >= 15 is 0 Å². The molecule has 2 heterocycles. The lowest BCUT2D eigenvalue weighted by atomic mass is 10.2. The maximum Gasteiger partial charge on any atom is 0.280 e. The molecule has 4 rings (SSSR count). The van der Waals surface area contributed by atoms with Crippen LogP contribution in [0, 0.1) is 18.6 Å². The van der Waals surface area contributed by atoms with E-state index in [0.29, 0.717) is 34.0 Å². The lowest BCUT2D eigenvalue weighted by Crippen LogP contribution is -2.16. The van der Waals surface area contributed by atoms with Gasteiger partial charge < -0.3 is 9.26 Å². The van der Waals surface area contributed by atoms with Crippen LogP contribution in [0.2, 0.25) is 10.0 Å². The summed E-state index contributed by atoms with van der Waals surface area (Å²) < 4.78 is 38.8. The van der Waals surface area contributed by atoms with E-state index in [2.05, 4.69) is 20.6 Å². The predicted molar refractivity (Wildman–Crippen MR) is 115 cm³/mol. The number of hydrogen-bond donors (Lipinski definition) is 1. The van der Waals surface area contributed by atoms with Gasteiger partial charge in [-0.2, -0.15) is 0 Å². The van der Waals surface area contributed by atoms with Crippen LogP contribution in [0.3, 0.4) is 0 Å². The number of benzene rings is 2. The van der Waals surface area contributed by atoms with Crippen LogP contribution in [0.4, 0.5) is 14.7 Å². The van der Waals surface area contributed by atoms with Gasteiger partial charge in [-0.3, -0.25) is 10.1 Å². The number of amides is 1. The van der Waals surface area contributed by atoms with E-state index in [-0.39, 0.29) is 24.0 Å². The Morgan fingerprint density at radius 3 is 2.79 bits per heavy atom. The molecule has 0 fully saturated rings. The number of nitrogens with one attached hydrogen (secondary N) is 1. The van der Waals surface area contributed by atoms with E-state index in [1.54, 1.807) is 25.1 Å². The van der Waals surface area contributed by atoms with Crippen LogP contribution in [0.15, 0.2) is 47.2 Å². The maximum absolute atomic E-state index is 13.8. The normalized spacial score (nSPS) is 10.9. The van der Waals surface area contributed by atoms with E-state index in [4.69, 9.17) is 32.5 Å². The summed E-state index contributed by atoms with van der Waals surface area (Å²) in [6, 6.07) is 7.99. The smallest absolute Gasteiger partial charge is 0.280 e. The van der Waals surface area contributed by atoms with Crippen molar-refractivity contribution < 1.29 is 22.8 Å². The van der Waals surface area contributed by atoms with Crippen LogP contribution in [0.1, 0.15) is 27.4 Å². The minimum Gasteiger partial charge on any atom is -0.486 e. The van der Waals surface area contributed by atoms with Gasteiger partial charge in [0.05, 0.1) is 12.1 Å². The van der Waals surface area contributed by atoms with Crippen LogP contribution in [-0.4, -0.2) is 25.8 Å². The van der Waals surface area contributed by atoms with Gasteiger partial charge in [-0.25, -0.2) is 18.4 Å². The molecule has 0 bridgehead atoms. The van der Waals surface area contributed by atoms with Crippen molar-refractivity contribution in [3.8, 4) is 5.75 Å². The van der Waals surface area contributed by atoms with Crippen LogP contribution in [0.25, 0.3) is 0 Å². The van der Waals surface area contributed by atoms with Gasteiger partial charge in [-0.15, -0.1) is 5.10 Å². The highest BCUT2D eigenvalue weighted by Crippen LogP contribution is 2.23. The minimum atomic E-state index is -0.870. The molecule has 0 saturated carbocycles. The van der Waals surface area contributed by atoms with Gasteiger partial charge in [0.15, 0.2) is 17.3 Å². The van der Waals surface area contributed by atoms with Gasteiger partial charge in [0, 0.05) is 16.1 Å². The molecule has 12 heteroatoms. The van der Waals surface area contributed by atoms with E-state index in [0.717, 1.165) is 17.7 Å². The van der Waals surface area contributed by atoms with Gasteiger partial charge in [-0.05, 0) is 36.8 Å². The second kappa shape index (κ2) is 9.55. The fraction of sp³-hybridized carbons (Fsp3) is 0.143. The third-order valence-corrected chi connectivity index (χ3v) is 5.16. The van der Waals surface area contributed by atoms with Crippen LogP contribution >= 0.6 is 23.2 Å². The number of carbonyl (C=O) groups is 1. The van der Waals surface area contributed by atoms with E-state index in [1.807, 2.05) is 0 Å². The van der Waals surface area contributed by atoms with Crippen LogP contribution < -0.4 is 10.1 Å². The number of anilines is 1. The average Bonchev–Trinajstić information content (AvgIpc) is 3.35. The van der Waals surface area contributed by atoms with Gasteiger partial charge in [0.1, 0.15) is 24.5 Å². The maximum atomic E-state index is 13.8. The molecular formula is C21H15Cl2F2N5O3. The predicted octanol–water partition coefficient (Wildman–Crippen LogP) is 5.04. The Morgan fingerprint density at radius 1 is 1.21 bits per heavy atom. The fourth-order valence-corrected chi connectivity index (χ4v) is 3.36. The molecule has 2 aromatic carbocycles. The van der Waals surface area contributed by atoms with Gasteiger partial charge >= 0.3 is 0 Å². The zero-order valence-electron chi connectivity index (χ0n) is 17.0. The molecule has 0 aliphatic heterocycles. The first-order chi connectivity index (χ1) is 15.8. The average molecular weight is 494 g/mol. The number of ether oxygens (including phenoxy) is 1. The summed E-state index contributed by atoms with van der Waals surface area (Å²) in [6.45, 7) is 1.66. The number of carbonyl (C=O) groups excluding carboxylic acids is 1. The summed E-state index contributed by atoms with van der Waals surface area (Å²) >= 11 is 12.1. The van der Waals surface area contributed by atoms with Gasteiger partial charge in [0.25, 0.3) is 5.91 Å². The van der Waals surface area contributed by atoms with Crippen molar-refractivity contribution in [2.24, 2.45) is 0 Å². The van der Waals surface area contributed by atoms with E-state index in [1.165, 1.54) is 11.0 Å². The Balaban J connectivity index is 1.44. The van der Waals surface area contributed by atoms with Crippen molar-refractivity contribution in [2.45, 2.75) is 20.1 Å². The molecule has 1 amide bonds. The third-order valence-electron chi connectivity index (χ3n) is 4.57. The molecule has 0 spiro atoms. The van der Waals surface area contributed by atoms with Crippen molar-refractivity contribution in [2.75, 3.05) is 5.32 Å². The summed E-state index contributed by atoms with van der Waals surface area (Å²) in [5.74, 6) is -2.09. The summed E-state index contributed by atoms with van der Waals surface area (Å²) in [6.07, 6.45) is 1.43. The second-order valence-electron chi connectivity index (χ2n) is 6.88. The SMILES string of the molecule is Cc1onc(C(=O)Nc2ncn(Cc3ccc(Cl)cc3Cl)n2)c1COc1ccc(F)cc1F. The Labute approximate surface area is 196 Å². The van der Waals surface area contributed by atoms with E-state index < -0.39 is 17.5 Å². The number of hydrogen-bond acceptors (Lipinski definition) is 6. The Morgan fingerprint density at radius 2 is 2.03 bits per heavy atom. The number of aromatic nitrogens is 4. The molecule has 0 radical (unpaired) electrons. The lowest BCUT2D eigenvalue weighted by Gasteiger charge is -2.07. The second-order valence-corrected chi connectivity index (χ2v) is 7.73. The molecule has 8 nitrogen and oxygen atoms in total. The van der Waals surface area contributed by atoms with Gasteiger partial charge in [-0.1, -0.05) is 34.4 Å². The monoisotopic (exact) mass is 493 g/mol. The van der Waals surface area contributed by atoms with Crippen molar-refractivity contribution >= 4 is 35.1 Å². The number of nitrogens with zero attached hydrogens (tertiary/aromatic N) is 4. The molecule has 0 saturated heterocycles. The fourth-order valence-electron chi connectivity index (χ4n) is 2.89. The number of halogens is 4. The molecule has 0 unspecified atom stereocenters. The number of rotatable bonds is 7. The first kappa shape index (κ1) is 22.7. The Kier molecular flexibility index (Phi) is 6.57. The van der Waals surface area contributed by atoms with Crippen molar-refractivity contribution in [3.63, 3.8) is 0 Å². The molecule has 170 valence electrons. The first-order valence-electron chi connectivity index (χ1n) is 9.48. The Hall–Kier alpha value is -3.50. The highest BCUT2D eigenvalue weighted by Gasteiger charge is 2.22. The van der Waals surface area contributed by atoms with Crippen LogP contribution in [-0.2, 0) is 13.2 Å². The molecule has 4 aromatic rings. The molecule has 1 N–H and O–H groups in total. The highest BCUT2D eigenvalue weighted by molar-refractivity contribution is 6.35. The number of aryl methyl sites for hydroxylation is 1. The molecule has 0 atom stereocenters. The minimum absolute atomic E-state index is 0.0298. The molecule has 0 aliphatic carbocycles. The standard InChI is InChI=1S/C21H15Cl2F2N5O3/c1-11-15(9-32-18-5-4-14(24)7-17(18)25)19(29-33-11)20(31)27-21-26-10-30(28-21)8-12-2-3-13(22)6-16(12)23/h2-7,10H,8-9H2,1H3,(H,27,28,31). The van der Waals surface area contributed by atoms with Crippen molar-refractivity contribution in [1.82, 2.24) is 19.9 Å². The molecule has 33 heavy (non-hydrogen) atoms. The van der Waals surface area contributed by atoms with Crippen molar-refractivity contribution in [3.05, 3.63) is 87.0 Å². The van der Waals surface area contributed by atoms with Crippen LogP contribution in [0.5, 0.6) is 5.75 Å². The first-order valence-corrected chi connectivity index (χ1v) is 10.2. The zero-order chi connectivity index (χ0) is 23.5. The highest BCUT2D eigenvalue weighted by atomic mass is 35.5. The largest absolute Gasteiger partial charge is 0.486 e.